The summed E-state index contributed by atoms with van der Waals surface area (Å²) in [5.41, 5.74) is -0.121. The molecule has 1 heterocycles. The lowest BCUT2D eigenvalue weighted by molar-refractivity contribution is 0.481. The van der Waals surface area contributed by atoms with Crippen molar-refractivity contribution >= 4 is 10.0 Å². The molecule has 14 heavy (non-hydrogen) atoms. The molecule has 5 heteroatoms. The van der Waals surface area contributed by atoms with Gasteiger partial charge in [0.15, 0.2) is 0 Å². The average Bonchev–Trinajstić information content (AvgIpc) is 2.84. The Labute approximate surface area is 85.5 Å². The van der Waals surface area contributed by atoms with Crippen LogP contribution in [0.4, 0.5) is 0 Å². The van der Waals surface area contributed by atoms with Gasteiger partial charge in [0.1, 0.15) is 0 Å². The van der Waals surface area contributed by atoms with Crippen molar-refractivity contribution in [1.82, 2.24) is 10.0 Å². The largest absolute Gasteiger partial charge is 0.317 e. The van der Waals surface area contributed by atoms with Gasteiger partial charge in [0.2, 0.25) is 10.0 Å². The molecule has 0 aromatic rings. The maximum Gasteiger partial charge on any atom is 0.215 e. The number of nitrogens with one attached hydrogen (secondary N) is 2. The van der Waals surface area contributed by atoms with Crippen molar-refractivity contribution in [1.29, 1.82) is 0 Å². The molecule has 0 aromatic carbocycles. The molecule has 1 aliphatic heterocycles. The molecule has 4 nitrogen and oxygen atoms in total. The van der Waals surface area contributed by atoms with Crippen molar-refractivity contribution < 1.29 is 8.42 Å². The van der Waals surface area contributed by atoms with Gasteiger partial charge in [-0.2, -0.15) is 0 Å². The van der Waals surface area contributed by atoms with Crippen LogP contribution in [0.3, 0.4) is 0 Å². The zero-order valence-corrected chi connectivity index (χ0v) is 9.36. The summed E-state index contributed by atoms with van der Waals surface area (Å²) in [7, 11) is -3.07. The molecule has 2 aliphatic rings. The third-order valence-electron chi connectivity index (χ3n) is 3.11. The van der Waals surface area contributed by atoms with Crippen LogP contribution in [0, 0.1) is 0 Å². The zero-order chi connectivity index (χ0) is 10.2. The van der Waals surface area contributed by atoms with Gasteiger partial charge in [-0.05, 0) is 45.7 Å². The fourth-order valence-corrected chi connectivity index (χ4v) is 3.74. The zero-order valence-electron chi connectivity index (χ0n) is 8.54. The molecular formula is C9H18N2O2S. The third-order valence-corrected chi connectivity index (χ3v) is 5.24. The lowest BCUT2D eigenvalue weighted by atomic mass is 10.2. The van der Waals surface area contributed by atoms with Crippen LogP contribution in [0.5, 0.6) is 0 Å². The van der Waals surface area contributed by atoms with Gasteiger partial charge in [0, 0.05) is 5.54 Å². The Kier molecular flexibility index (Phi) is 2.57. The van der Waals surface area contributed by atoms with E-state index in [0.717, 1.165) is 38.8 Å². The molecule has 1 saturated carbocycles. The van der Waals surface area contributed by atoms with E-state index in [0.29, 0.717) is 0 Å². The molecule has 0 amide bonds. The first kappa shape index (κ1) is 10.4. The molecule has 2 fully saturated rings. The van der Waals surface area contributed by atoms with Crippen LogP contribution in [0.25, 0.3) is 0 Å². The molecule has 82 valence electrons. The smallest absolute Gasteiger partial charge is 0.215 e. The SMILES string of the molecule is CC1(NS(=O)(=O)C2CCNCC2)CC1. The molecule has 0 unspecified atom stereocenters. The monoisotopic (exact) mass is 218 g/mol. The number of rotatable bonds is 3. The van der Waals surface area contributed by atoms with Crippen LogP contribution < -0.4 is 10.0 Å². The van der Waals surface area contributed by atoms with Crippen molar-refractivity contribution in [2.45, 2.75) is 43.4 Å². The molecular weight excluding hydrogens is 200 g/mol. The highest BCUT2D eigenvalue weighted by Gasteiger charge is 2.42. The lowest BCUT2D eigenvalue weighted by Gasteiger charge is -2.24. The van der Waals surface area contributed by atoms with Crippen molar-refractivity contribution in [3.8, 4) is 0 Å². The summed E-state index contributed by atoms with van der Waals surface area (Å²) in [6.45, 7) is 3.62. The molecule has 0 atom stereocenters. The van der Waals surface area contributed by atoms with Crippen molar-refractivity contribution in [3.05, 3.63) is 0 Å². The quantitative estimate of drug-likeness (QED) is 0.712. The summed E-state index contributed by atoms with van der Waals surface area (Å²) in [5, 5.41) is 2.99. The van der Waals surface area contributed by atoms with Gasteiger partial charge < -0.3 is 5.32 Å². The highest BCUT2D eigenvalue weighted by molar-refractivity contribution is 7.90. The number of hydrogen-bond acceptors (Lipinski definition) is 3. The Morgan fingerprint density at radius 2 is 1.86 bits per heavy atom. The van der Waals surface area contributed by atoms with Crippen molar-refractivity contribution in [2.24, 2.45) is 0 Å². The summed E-state index contributed by atoms with van der Waals surface area (Å²) in [4.78, 5) is 0. The highest BCUT2D eigenvalue weighted by atomic mass is 32.2. The molecule has 1 aliphatic carbocycles. The van der Waals surface area contributed by atoms with E-state index in [1.807, 2.05) is 6.92 Å². The number of hydrogen-bond donors (Lipinski definition) is 2. The second-order valence-corrected chi connectivity index (χ2v) is 6.62. The molecule has 0 bridgehead atoms. The van der Waals surface area contributed by atoms with Crippen molar-refractivity contribution in [3.63, 3.8) is 0 Å². The van der Waals surface area contributed by atoms with Gasteiger partial charge in [-0.15, -0.1) is 0 Å². The maximum absolute atomic E-state index is 11.9. The highest BCUT2D eigenvalue weighted by Crippen LogP contribution is 2.35. The fraction of sp³-hybridized carbons (Fsp3) is 1.00. The number of piperidine rings is 1. The topological polar surface area (TPSA) is 58.2 Å². The van der Waals surface area contributed by atoms with Crippen LogP contribution in [0.15, 0.2) is 0 Å². The van der Waals surface area contributed by atoms with Gasteiger partial charge in [0.25, 0.3) is 0 Å². The van der Waals surface area contributed by atoms with Crippen LogP contribution in [-0.2, 0) is 10.0 Å². The molecule has 1 saturated heterocycles. The first-order valence-corrected chi connectivity index (χ1v) is 6.80. The second kappa shape index (κ2) is 3.47. The Balaban J connectivity index is 1.99. The Morgan fingerprint density at radius 1 is 1.29 bits per heavy atom. The summed E-state index contributed by atoms with van der Waals surface area (Å²) in [6, 6.07) is 0. The van der Waals surface area contributed by atoms with Crippen LogP contribution in [0.2, 0.25) is 0 Å². The van der Waals surface area contributed by atoms with Gasteiger partial charge in [-0.25, -0.2) is 13.1 Å². The van der Waals surface area contributed by atoms with E-state index in [1.165, 1.54) is 0 Å². The minimum Gasteiger partial charge on any atom is -0.317 e. The lowest BCUT2D eigenvalue weighted by Crippen LogP contribution is -2.45. The number of sulfonamides is 1. The minimum atomic E-state index is -3.07. The second-order valence-electron chi connectivity index (χ2n) is 4.66. The predicted octanol–water partition coefficient (Wildman–Crippen LogP) is 0.210. The first-order chi connectivity index (χ1) is 6.52. The Hall–Kier alpha value is -0.130. The van der Waals surface area contributed by atoms with Crippen LogP contribution in [-0.4, -0.2) is 32.3 Å². The Morgan fingerprint density at radius 3 is 2.36 bits per heavy atom. The van der Waals surface area contributed by atoms with E-state index < -0.39 is 10.0 Å². The summed E-state index contributed by atoms with van der Waals surface area (Å²) < 4.78 is 26.6. The standard InChI is InChI=1S/C9H18N2O2S/c1-9(4-5-9)11-14(12,13)8-2-6-10-7-3-8/h8,10-11H,2-7H2,1H3. The van der Waals surface area contributed by atoms with Gasteiger partial charge in [0.05, 0.1) is 5.25 Å². The van der Waals surface area contributed by atoms with Crippen LogP contribution in [0.1, 0.15) is 32.6 Å². The molecule has 0 spiro atoms. The first-order valence-electron chi connectivity index (χ1n) is 5.25. The Bertz CT molecular complexity index is 303. The fourth-order valence-electron chi connectivity index (χ4n) is 1.82. The molecule has 2 N–H and O–H groups in total. The van der Waals surface area contributed by atoms with E-state index in [4.69, 9.17) is 0 Å². The summed E-state index contributed by atoms with van der Waals surface area (Å²) >= 11 is 0. The van der Waals surface area contributed by atoms with Gasteiger partial charge in [-0.1, -0.05) is 0 Å². The van der Waals surface area contributed by atoms with E-state index in [2.05, 4.69) is 10.0 Å². The van der Waals surface area contributed by atoms with Gasteiger partial charge in [-0.3, -0.25) is 0 Å². The van der Waals surface area contributed by atoms with E-state index in [-0.39, 0.29) is 10.8 Å². The van der Waals surface area contributed by atoms with E-state index >= 15 is 0 Å². The predicted molar refractivity (Wildman–Crippen MR) is 55.6 cm³/mol. The average molecular weight is 218 g/mol. The van der Waals surface area contributed by atoms with Gasteiger partial charge >= 0.3 is 0 Å². The maximum atomic E-state index is 11.9. The normalized spacial score (nSPS) is 27.5. The van der Waals surface area contributed by atoms with E-state index in [9.17, 15) is 8.42 Å². The summed E-state index contributed by atoms with van der Waals surface area (Å²) in [6.07, 6.45) is 3.45. The minimum absolute atomic E-state index is 0.121. The van der Waals surface area contributed by atoms with Crippen molar-refractivity contribution in [2.75, 3.05) is 13.1 Å². The molecule has 2 rings (SSSR count). The third kappa shape index (κ3) is 2.27. The molecule has 0 radical (unpaired) electrons. The molecule has 0 aromatic heterocycles. The van der Waals surface area contributed by atoms with Crippen LogP contribution >= 0.6 is 0 Å². The summed E-state index contributed by atoms with van der Waals surface area (Å²) in [5.74, 6) is 0. The van der Waals surface area contributed by atoms with E-state index in [1.54, 1.807) is 0 Å².